The predicted molar refractivity (Wildman–Crippen MR) is 59.1 cm³/mol. The number of hydrogen-bond acceptors (Lipinski definition) is 2. The highest BCUT2D eigenvalue weighted by atomic mass is 32.2. The SMILES string of the molecule is C[C@@H]([C@@H](F)c1ccccc1)N(C)S(=O)(=O)O. The van der Waals surface area contributed by atoms with Gasteiger partial charge in [0.25, 0.3) is 0 Å². The molecule has 0 aliphatic heterocycles. The summed E-state index contributed by atoms with van der Waals surface area (Å²) in [4.78, 5) is 0. The average Bonchev–Trinajstić information content (AvgIpc) is 2.26. The molecule has 1 aromatic carbocycles. The minimum Gasteiger partial charge on any atom is -0.273 e. The summed E-state index contributed by atoms with van der Waals surface area (Å²) in [6.45, 7) is 1.39. The zero-order valence-electron chi connectivity index (χ0n) is 9.04. The maximum Gasteiger partial charge on any atom is 0.336 e. The van der Waals surface area contributed by atoms with Gasteiger partial charge in [0.15, 0.2) is 0 Å². The summed E-state index contributed by atoms with van der Waals surface area (Å²) in [5.41, 5.74) is 0.380. The second kappa shape index (κ2) is 4.90. The minimum atomic E-state index is -4.36. The number of nitrogens with zero attached hydrogens (tertiary/aromatic N) is 1. The summed E-state index contributed by atoms with van der Waals surface area (Å²) in [6, 6.07) is 7.26. The van der Waals surface area contributed by atoms with Crippen LogP contribution in [0.3, 0.4) is 0 Å². The van der Waals surface area contributed by atoms with Crippen LogP contribution in [-0.4, -0.2) is 30.4 Å². The standard InChI is InChI=1S/C10H14FNO3S/c1-8(12(2)16(13,14)15)10(11)9-6-4-3-5-7-9/h3-8,10H,1-2H3,(H,13,14,15)/t8-,10+/m0/s1. The lowest BCUT2D eigenvalue weighted by atomic mass is 10.1. The molecule has 0 heterocycles. The second-order valence-corrected chi connectivity index (χ2v) is 5.02. The molecule has 16 heavy (non-hydrogen) atoms. The normalized spacial score (nSPS) is 16.1. The summed E-state index contributed by atoms with van der Waals surface area (Å²) in [5, 5.41) is 0. The Morgan fingerprint density at radius 2 is 1.81 bits per heavy atom. The Labute approximate surface area is 94.6 Å². The summed E-state index contributed by atoms with van der Waals surface area (Å²) in [6.07, 6.45) is -1.48. The fourth-order valence-electron chi connectivity index (χ4n) is 1.31. The molecule has 0 spiro atoms. The molecule has 0 aromatic heterocycles. The number of benzene rings is 1. The lowest BCUT2D eigenvalue weighted by Crippen LogP contribution is -2.37. The maximum atomic E-state index is 13.9. The van der Waals surface area contributed by atoms with Gasteiger partial charge in [-0.1, -0.05) is 30.3 Å². The Hall–Kier alpha value is -0.980. The molecular weight excluding hydrogens is 233 g/mol. The smallest absolute Gasteiger partial charge is 0.273 e. The van der Waals surface area contributed by atoms with Gasteiger partial charge in [-0.3, -0.25) is 4.55 Å². The Morgan fingerprint density at radius 1 is 1.31 bits per heavy atom. The van der Waals surface area contributed by atoms with E-state index in [-0.39, 0.29) is 0 Å². The minimum absolute atomic E-state index is 0.380. The quantitative estimate of drug-likeness (QED) is 0.826. The van der Waals surface area contributed by atoms with E-state index in [0.717, 1.165) is 7.05 Å². The van der Waals surface area contributed by atoms with Crippen LogP contribution in [0.15, 0.2) is 30.3 Å². The highest BCUT2D eigenvalue weighted by Crippen LogP contribution is 2.24. The van der Waals surface area contributed by atoms with Gasteiger partial charge in [0.2, 0.25) is 0 Å². The monoisotopic (exact) mass is 247 g/mol. The first-order chi connectivity index (χ1) is 7.34. The highest BCUT2D eigenvalue weighted by Gasteiger charge is 2.28. The predicted octanol–water partition coefficient (Wildman–Crippen LogP) is 1.82. The molecule has 0 unspecified atom stereocenters. The van der Waals surface area contributed by atoms with Crippen molar-refractivity contribution in [1.29, 1.82) is 0 Å². The van der Waals surface area contributed by atoms with Crippen molar-refractivity contribution >= 4 is 10.3 Å². The van der Waals surface area contributed by atoms with E-state index in [2.05, 4.69) is 0 Å². The van der Waals surface area contributed by atoms with Crippen LogP contribution >= 0.6 is 0 Å². The lowest BCUT2D eigenvalue weighted by molar-refractivity contribution is 0.202. The van der Waals surface area contributed by atoms with Gasteiger partial charge in [-0.25, -0.2) is 4.39 Å². The van der Waals surface area contributed by atoms with Gasteiger partial charge in [-0.15, -0.1) is 0 Å². The van der Waals surface area contributed by atoms with Crippen LogP contribution in [0.2, 0.25) is 0 Å². The lowest BCUT2D eigenvalue weighted by Gasteiger charge is -2.24. The van der Waals surface area contributed by atoms with E-state index in [4.69, 9.17) is 4.55 Å². The van der Waals surface area contributed by atoms with Gasteiger partial charge in [-0.05, 0) is 12.5 Å². The van der Waals surface area contributed by atoms with Crippen molar-refractivity contribution < 1.29 is 17.4 Å². The van der Waals surface area contributed by atoms with E-state index in [1.165, 1.54) is 6.92 Å². The molecule has 0 fully saturated rings. The first-order valence-corrected chi connectivity index (χ1v) is 6.13. The number of rotatable bonds is 4. The molecule has 1 aromatic rings. The molecule has 0 amide bonds. The van der Waals surface area contributed by atoms with E-state index < -0.39 is 22.5 Å². The van der Waals surface area contributed by atoms with Gasteiger partial charge in [-0.2, -0.15) is 12.7 Å². The Balaban J connectivity index is 2.87. The summed E-state index contributed by atoms with van der Waals surface area (Å²) in [5.74, 6) is 0. The van der Waals surface area contributed by atoms with Crippen LogP contribution < -0.4 is 0 Å². The number of halogens is 1. The Morgan fingerprint density at radius 3 is 2.25 bits per heavy atom. The molecule has 2 atom stereocenters. The summed E-state index contributed by atoms with van der Waals surface area (Å²) < 4.78 is 44.9. The highest BCUT2D eigenvalue weighted by molar-refractivity contribution is 7.83. The van der Waals surface area contributed by atoms with E-state index in [1.54, 1.807) is 30.3 Å². The topological polar surface area (TPSA) is 57.6 Å². The van der Waals surface area contributed by atoms with Crippen molar-refractivity contribution in [2.45, 2.75) is 19.1 Å². The van der Waals surface area contributed by atoms with Crippen LogP contribution in [0.4, 0.5) is 4.39 Å². The summed E-state index contributed by atoms with van der Waals surface area (Å²) >= 11 is 0. The first kappa shape index (κ1) is 13.1. The summed E-state index contributed by atoms with van der Waals surface area (Å²) in [7, 11) is -3.23. The van der Waals surface area contributed by atoms with Gasteiger partial charge < -0.3 is 0 Å². The number of alkyl halides is 1. The van der Waals surface area contributed by atoms with Gasteiger partial charge in [0, 0.05) is 7.05 Å². The van der Waals surface area contributed by atoms with Gasteiger partial charge >= 0.3 is 10.3 Å². The fraction of sp³-hybridized carbons (Fsp3) is 0.400. The average molecular weight is 247 g/mol. The van der Waals surface area contributed by atoms with Crippen LogP contribution in [0.25, 0.3) is 0 Å². The van der Waals surface area contributed by atoms with Crippen LogP contribution in [0.5, 0.6) is 0 Å². The molecule has 0 saturated heterocycles. The molecule has 0 aliphatic carbocycles. The fourth-order valence-corrected chi connectivity index (χ4v) is 1.84. The molecule has 0 aliphatic rings. The molecule has 1 rings (SSSR count). The molecule has 90 valence electrons. The first-order valence-electron chi connectivity index (χ1n) is 4.73. The van der Waals surface area contributed by atoms with Crippen molar-refractivity contribution in [3.05, 3.63) is 35.9 Å². The molecule has 1 N–H and O–H groups in total. The van der Waals surface area contributed by atoms with Crippen LogP contribution in [0.1, 0.15) is 18.7 Å². The Bertz CT molecular complexity index is 435. The maximum absolute atomic E-state index is 13.9. The number of likely N-dealkylation sites (N-methyl/N-ethyl adjacent to an activating group) is 1. The van der Waals surface area contributed by atoms with Crippen LogP contribution in [-0.2, 0) is 10.3 Å². The van der Waals surface area contributed by atoms with E-state index in [0.29, 0.717) is 9.87 Å². The molecular formula is C10H14FNO3S. The van der Waals surface area contributed by atoms with Crippen molar-refractivity contribution in [2.24, 2.45) is 0 Å². The second-order valence-electron chi connectivity index (χ2n) is 3.55. The third-order valence-corrected chi connectivity index (χ3v) is 3.54. The molecule has 0 saturated carbocycles. The van der Waals surface area contributed by atoms with Crippen molar-refractivity contribution in [3.63, 3.8) is 0 Å². The van der Waals surface area contributed by atoms with Crippen molar-refractivity contribution in [1.82, 2.24) is 4.31 Å². The molecule has 0 radical (unpaired) electrons. The van der Waals surface area contributed by atoms with Crippen molar-refractivity contribution in [3.8, 4) is 0 Å². The third-order valence-electron chi connectivity index (χ3n) is 2.48. The number of hydrogen-bond donors (Lipinski definition) is 1. The zero-order chi connectivity index (χ0) is 12.3. The largest absolute Gasteiger partial charge is 0.336 e. The van der Waals surface area contributed by atoms with E-state index in [1.807, 2.05) is 0 Å². The third kappa shape index (κ3) is 3.01. The van der Waals surface area contributed by atoms with Gasteiger partial charge in [0.05, 0.1) is 6.04 Å². The van der Waals surface area contributed by atoms with E-state index >= 15 is 0 Å². The molecule has 6 heteroatoms. The zero-order valence-corrected chi connectivity index (χ0v) is 9.86. The molecule has 4 nitrogen and oxygen atoms in total. The van der Waals surface area contributed by atoms with E-state index in [9.17, 15) is 12.8 Å². The van der Waals surface area contributed by atoms with Gasteiger partial charge in [0.1, 0.15) is 6.17 Å². The van der Waals surface area contributed by atoms with Crippen molar-refractivity contribution in [2.75, 3.05) is 7.05 Å². The molecule has 0 bridgehead atoms. The van der Waals surface area contributed by atoms with Crippen LogP contribution in [0, 0.1) is 0 Å². The Kier molecular flexibility index (Phi) is 4.01.